The molecule has 0 radical (unpaired) electrons. The SMILES string of the molecule is CC(=O)c1cnc(N2CCC2)nc1. The summed E-state index contributed by atoms with van der Waals surface area (Å²) in [5.41, 5.74) is 0.573. The predicted octanol–water partition coefficient (Wildman–Crippen LogP) is 0.889. The fourth-order valence-electron chi connectivity index (χ4n) is 1.18. The van der Waals surface area contributed by atoms with Crippen LogP contribution in [0.15, 0.2) is 12.4 Å². The van der Waals surface area contributed by atoms with E-state index in [0.29, 0.717) is 5.56 Å². The maximum Gasteiger partial charge on any atom is 0.225 e. The van der Waals surface area contributed by atoms with Gasteiger partial charge in [0, 0.05) is 25.5 Å². The molecule has 1 aromatic rings. The van der Waals surface area contributed by atoms with E-state index in [4.69, 9.17) is 0 Å². The molecule has 1 fully saturated rings. The van der Waals surface area contributed by atoms with Crippen LogP contribution in [0.2, 0.25) is 0 Å². The van der Waals surface area contributed by atoms with Crippen LogP contribution in [0.1, 0.15) is 23.7 Å². The molecule has 4 heteroatoms. The molecular formula is C9H11N3O. The molecule has 0 unspecified atom stereocenters. The van der Waals surface area contributed by atoms with E-state index in [1.165, 1.54) is 13.3 Å². The first-order valence-corrected chi connectivity index (χ1v) is 4.35. The largest absolute Gasteiger partial charge is 0.341 e. The molecule has 1 aliphatic heterocycles. The number of rotatable bonds is 2. The van der Waals surface area contributed by atoms with Gasteiger partial charge in [-0.2, -0.15) is 0 Å². The number of Topliss-reactive ketones (excluding diaryl/α,β-unsaturated/α-hetero) is 1. The van der Waals surface area contributed by atoms with Crippen molar-refractivity contribution in [3.05, 3.63) is 18.0 Å². The molecule has 0 aliphatic carbocycles. The third-order valence-corrected chi connectivity index (χ3v) is 2.18. The molecular weight excluding hydrogens is 166 g/mol. The lowest BCUT2D eigenvalue weighted by molar-refractivity contribution is 0.101. The van der Waals surface area contributed by atoms with Crippen LogP contribution in [0.4, 0.5) is 5.95 Å². The molecule has 1 aromatic heterocycles. The smallest absolute Gasteiger partial charge is 0.225 e. The Morgan fingerprint density at radius 1 is 1.38 bits per heavy atom. The quantitative estimate of drug-likeness (QED) is 0.629. The number of nitrogens with zero attached hydrogens (tertiary/aromatic N) is 3. The molecule has 0 saturated carbocycles. The van der Waals surface area contributed by atoms with Gasteiger partial charge in [-0.1, -0.05) is 0 Å². The van der Waals surface area contributed by atoms with Crippen molar-refractivity contribution in [2.75, 3.05) is 18.0 Å². The first kappa shape index (κ1) is 8.16. The summed E-state index contributed by atoms with van der Waals surface area (Å²) in [6, 6.07) is 0. The number of hydrogen-bond donors (Lipinski definition) is 0. The fourth-order valence-corrected chi connectivity index (χ4v) is 1.18. The van der Waals surface area contributed by atoms with E-state index in [2.05, 4.69) is 14.9 Å². The summed E-state index contributed by atoms with van der Waals surface area (Å²) in [6.07, 6.45) is 4.38. The maximum atomic E-state index is 10.9. The van der Waals surface area contributed by atoms with Crippen molar-refractivity contribution < 1.29 is 4.79 Å². The molecule has 0 bridgehead atoms. The van der Waals surface area contributed by atoms with Crippen LogP contribution >= 0.6 is 0 Å². The summed E-state index contributed by atoms with van der Waals surface area (Å²) in [4.78, 5) is 21.2. The Morgan fingerprint density at radius 3 is 2.38 bits per heavy atom. The molecule has 0 spiro atoms. The molecule has 2 heterocycles. The summed E-state index contributed by atoms with van der Waals surface area (Å²) in [5.74, 6) is 0.742. The highest BCUT2D eigenvalue weighted by molar-refractivity contribution is 5.93. The minimum atomic E-state index is 0.00941. The Balaban J connectivity index is 2.17. The van der Waals surface area contributed by atoms with Gasteiger partial charge in [-0.15, -0.1) is 0 Å². The first-order valence-electron chi connectivity index (χ1n) is 4.35. The highest BCUT2D eigenvalue weighted by Gasteiger charge is 2.16. The second kappa shape index (κ2) is 3.12. The Labute approximate surface area is 76.6 Å². The van der Waals surface area contributed by atoms with Crippen LogP contribution in [0.3, 0.4) is 0 Å². The van der Waals surface area contributed by atoms with Gasteiger partial charge in [-0.05, 0) is 13.3 Å². The lowest BCUT2D eigenvalue weighted by Gasteiger charge is -2.30. The molecule has 1 saturated heterocycles. The van der Waals surface area contributed by atoms with Crippen molar-refractivity contribution >= 4 is 11.7 Å². The Morgan fingerprint density at radius 2 is 2.00 bits per heavy atom. The van der Waals surface area contributed by atoms with E-state index >= 15 is 0 Å². The first-order chi connectivity index (χ1) is 6.27. The number of anilines is 1. The molecule has 0 aromatic carbocycles. The highest BCUT2D eigenvalue weighted by atomic mass is 16.1. The van der Waals surface area contributed by atoms with Gasteiger partial charge in [0.05, 0.1) is 5.56 Å². The maximum absolute atomic E-state index is 10.9. The number of carbonyl (C=O) groups is 1. The molecule has 13 heavy (non-hydrogen) atoms. The van der Waals surface area contributed by atoms with Crippen molar-refractivity contribution in [1.82, 2.24) is 9.97 Å². The van der Waals surface area contributed by atoms with Crippen LogP contribution in [-0.4, -0.2) is 28.8 Å². The topological polar surface area (TPSA) is 46.1 Å². The average Bonchev–Trinajstić information content (AvgIpc) is 2.02. The zero-order valence-electron chi connectivity index (χ0n) is 7.53. The van der Waals surface area contributed by atoms with Gasteiger partial charge in [0.15, 0.2) is 5.78 Å². The summed E-state index contributed by atoms with van der Waals surface area (Å²) in [6.45, 7) is 3.57. The van der Waals surface area contributed by atoms with Gasteiger partial charge in [0.25, 0.3) is 0 Å². The van der Waals surface area contributed by atoms with E-state index in [9.17, 15) is 4.79 Å². The third kappa shape index (κ3) is 1.52. The van der Waals surface area contributed by atoms with E-state index in [0.717, 1.165) is 19.0 Å². The van der Waals surface area contributed by atoms with Crippen molar-refractivity contribution in [2.45, 2.75) is 13.3 Å². The van der Waals surface area contributed by atoms with Crippen LogP contribution in [-0.2, 0) is 0 Å². The zero-order valence-corrected chi connectivity index (χ0v) is 7.53. The molecule has 0 atom stereocenters. The fraction of sp³-hybridized carbons (Fsp3) is 0.444. The van der Waals surface area contributed by atoms with Gasteiger partial charge < -0.3 is 4.90 Å². The second-order valence-electron chi connectivity index (χ2n) is 3.17. The lowest BCUT2D eigenvalue weighted by atomic mass is 10.2. The molecule has 0 N–H and O–H groups in total. The summed E-state index contributed by atoms with van der Waals surface area (Å²) in [7, 11) is 0. The van der Waals surface area contributed by atoms with E-state index < -0.39 is 0 Å². The second-order valence-corrected chi connectivity index (χ2v) is 3.17. The summed E-state index contributed by atoms with van der Waals surface area (Å²) in [5, 5.41) is 0. The van der Waals surface area contributed by atoms with Gasteiger partial charge in [0.1, 0.15) is 0 Å². The highest BCUT2D eigenvalue weighted by Crippen LogP contribution is 2.14. The average molecular weight is 177 g/mol. The van der Waals surface area contributed by atoms with Gasteiger partial charge >= 0.3 is 0 Å². The Kier molecular flexibility index (Phi) is 1.96. The van der Waals surface area contributed by atoms with Gasteiger partial charge in [-0.25, -0.2) is 9.97 Å². The minimum absolute atomic E-state index is 0.00941. The Hall–Kier alpha value is -1.45. The van der Waals surface area contributed by atoms with Crippen molar-refractivity contribution in [3.63, 3.8) is 0 Å². The van der Waals surface area contributed by atoms with Crippen LogP contribution in [0, 0.1) is 0 Å². The standard InChI is InChI=1S/C9H11N3O/c1-7(13)8-5-10-9(11-6-8)12-3-2-4-12/h5-6H,2-4H2,1H3. The van der Waals surface area contributed by atoms with Crippen LogP contribution < -0.4 is 4.90 Å². The number of carbonyl (C=O) groups excluding carboxylic acids is 1. The summed E-state index contributed by atoms with van der Waals surface area (Å²) >= 11 is 0. The normalized spacial score (nSPS) is 15.3. The van der Waals surface area contributed by atoms with E-state index in [1.54, 1.807) is 12.4 Å². The number of hydrogen-bond acceptors (Lipinski definition) is 4. The van der Waals surface area contributed by atoms with Crippen molar-refractivity contribution in [1.29, 1.82) is 0 Å². The van der Waals surface area contributed by atoms with Crippen molar-refractivity contribution in [2.24, 2.45) is 0 Å². The predicted molar refractivity (Wildman–Crippen MR) is 48.9 cm³/mol. The van der Waals surface area contributed by atoms with Gasteiger partial charge in [0.2, 0.25) is 5.95 Å². The number of ketones is 1. The molecule has 1 aliphatic rings. The molecule has 2 rings (SSSR count). The van der Waals surface area contributed by atoms with E-state index in [1.807, 2.05) is 0 Å². The van der Waals surface area contributed by atoms with Crippen LogP contribution in [0.5, 0.6) is 0 Å². The number of aromatic nitrogens is 2. The Bertz CT molecular complexity index is 316. The molecule has 4 nitrogen and oxygen atoms in total. The lowest BCUT2D eigenvalue weighted by Crippen LogP contribution is -2.38. The third-order valence-electron chi connectivity index (χ3n) is 2.18. The minimum Gasteiger partial charge on any atom is -0.341 e. The van der Waals surface area contributed by atoms with Gasteiger partial charge in [-0.3, -0.25) is 4.79 Å². The van der Waals surface area contributed by atoms with E-state index in [-0.39, 0.29) is 5.78 Å². The van der Waals surface area contributed by atoms with Crippen molar-refractivity contribution in [3.8, 4) is 0 Å². The van der Waals surface area contributed by atoms with Crippen LogP contribution in [0.25, 0.3) is 0 Å². The summed E-state index contributed by atoms with van der Waals surface area (Å²) < 4.78 is 0. The monoisotopic (exact) mass is 177 g/mol. The zero-order chi connectivity index (χ0) is 9.26. The molecule has 68 valence electrons. The molecule has 0 amide bonds.